The number of carbonyl (C=O) groups excluding carboxylic acids is 1. The molecule has 2 rings (SSSR count). The van der Waals surface area contributed by atoms with E-state index in [1.165, 1.54) is 12.8 Å². The van der Waals surface area contributed by atoms with Crippen molar-refractivity contribution in [2.45, 2.75) is 38.3 Å². The summed E-state index contributed by atoms with van der Waals surface area (Å²) in [6.07, 6.45) is 2.74. The van der Waals surface area contributed by atoms with Crippen LogP contribution in [0.25, 0.3) is 0 Å². The van der Waals surface area contributed by atoms with Crippen LogP contribution >= 0.6 is 0 Å². The van der Waals surface area contributed by atoms with Crippen LogP contribution in [0.1, 0.15) is 26.7 Å². The Bertz CT molecular complexity index is 209. The quantitative estimate of drug-likeness (QED) is 0.627. The molecule has 0 bridgehead atoms. The molecule has 1 aliphatic heterocycles. The van der Waals surface area contributed by atoms with Gasteiger partial charge in [0.2, 0.25) is 5.91 Å². The largest absolute Gasteiger partial charge is 0.366 e. The second kappa shape index (κ2) is 2.46. The summed E-state index contributed by atoms with van der Waals surface area (Å²) in [5, 5.41) is 2.96. The summed E-state index contributed by atoms with van der Waals surface area (Å²) < 4.78 is 5.52. The van der Waals surface area contributed by atoms with Gasteiger partial charge in [0.05, 0.1) is 11.6 Å². The van der Waals surface area contributed by atoms with Crippen molar-refractivity contribution in [3.63, 3.8) is 0 Å². The summed E-state index contributed by atoms with van der Waals surface area (Å²) in [6.45, 7) is 4.31. The van der Waals surface area contributed by atoms with Crippen molar-refractivity contribution in [3.05, 3.63) is 0 Å². The highest BCUT2D eigenvalue weighted by molar-refractivity contribution is 5.78. The van der Waals surface area contributed by atoms with Crippen molar-refractivity contribution in [1.29, 1.82) is 0 Å². The molecule has 0 spiro atoms. The van der Waals surface area contributed by atoms with Gasteiger partial charge in [-0.2, -0.15) is 0 Å². The highest BCUT2D eigenvalue weighted by Crippen LogP contribution is 2.39. The van der Waals surface area contributed by atoms with E-state index in [4.69, 9.17) is 4.74 Å². The van der Waals surface area contributed by atoms with Crippen LogP contribution in [0, 0.1) is 5.92 Å². The van der Waals surface area contributed by atoms with E-state index in [-0.39, 0.29) is 24.2 Å². The number of morpholine rings is 1. The highest BCUT2D eigenvalue weighted by Gasteiger charge is 2.45. The second-order valence-electron chi connectivity index (χ2n) is 4.34. The summed E-state index contributed by atoms with van der Waals surface area (Å²) in [7, 11) is 0. The third-order valence-corrected chi connectivity index (χ3v) is 2.62. The van der Waals surface area contributed by atoms with Crippen LogP contribution in [0.2, 0.25) is 0 Å². The summed E-state index contributed by atoms with van der Waals surface area (Å²) in [5.74, 6) is 0.692. The van der Waals surface area contributed by atoms with Crippen LogP contribution in [0.3, 0.4) is 0 Å². The zero-order valence-electron chi connectivity index (χ0n) is 7.59. The topological polar surface area (TPSA) is 38.3 Å². The molecule has 2 fully saturated rings. The van der Waals surface area contributed by atoms with Gasteiger partial charge in [0.25, 0.3) is 0 Å². The SMILES string of the molecule is CC1(C)NC(=O)CO[C@H]1C1CC1. The molecule has 1 atom stereocenters. The molecule has 3 heteroatoms. The van der Waals surface area contributed by atoms with Crippen molar-refractivity contribution in [2.75, 3.05) is 6.61 Å². The maximum absolute atomic E-state index is 11.0. The lowest BCUT2D eigenvalue weighted by atomic mass is 9.92. The van der Waals surface area contributed by atoms with E-state index in [1.807, 2.05) is 13.8 Å². The first-order valence-corrected chi connectivity index (χ1v) is 4.52. The number of nitrogens with one attached hydrogen (secondary N) is 1. The molecule has 68 valence electrons. The molecule has 12 heavy (non-hydrogen) atoms. The molecule has 0 aromatic heterocycles. The maximum atomic E-state index is 11.0. The van der Waals surface area contributed by atoms with Gasteiger partial charge in [0.1, 0.15) is 6.61 Å². The van der Waals surface area contributed by atoms with Gasteiger partial charge in [-0.3, -0.25) is 4.79 Å². The fourth-order valence-electron chi connectivity index (χ4n) is 1.96. The lowest BCUT2D eigenvalue weighted by Gasteiger charge is -2.39. The first kappa shape index (κ1) is 8.05. The summed E-state index contributed by atoms with van der Waals surface area (Å²) in [5.41, 5.74) is -0.170. The standard InChI is InChI=1S/C9H15NO2/c1-9(2)8(6-3-4-6)12-5-7(11)10-9/h6,8H,3-5H2,1-2H3,(H,10,11)/t8-/m0/s1. The molecule has 1 amide bonds. The third kappa shape index (κ3) is 1.33. The molecule has 1 N–H and O–H groups in total. The third-order valence-electron chi connectivity index (χ3n) is 2.62. The van der Waals surface area contributed by atoms with E-state index in [0.29, 0.717) is 5.92 Å². The fraction of sp³-hybridized carbons (Fsp3) is 0.889. The predicted molar refractivity (Wildman–Crippen MR) is 44.7 cm³/mol. The molecule has 1 saturated carbocycles. The van der Waals surface area contributed by atoms with Crippen LogP contribution in [-0.2, 0) is 9.53 Å². The number of amides is 1. The van der Waals surface area contributed by atoms with E-state index in [1.54, 1.807) is 0 Å². The molecule has 0 radical (unpaired) electrons. The predicted octanol–water partition coefficient (Wildman–Crippen LogP) is 0.690. The lowest BCUT2D eigenvalue weighted by molar-refractivity contribution is -0.143. The minimum Gasteiger partial charge on any atom is -0.366 e. The van der Waals surface area contributed by atoms with Crippen LogP contribution in [0.15, 0.2) is 0 Å². The van der Waals surface area contributed by atoms with Crippen molar-refractivity contribution < 1.29 is 9.53 Å². The van der Waals surface area contributed by atoms with Crippen molar-refractivity contribution >= 4 is 5.91 Å². The van der Waals surface area contributed by atoms with Gasteiger partial charge in [-0.25, -0.2) is 0 Å². The van der Waals surface area contributed by atoms with E-state index >= 15 is 0 Å². The Balaban J connectivity index is 2.07. The van der Waals surface area contributed by atoms with E-state index in [9.17, 15) is 4.79 Å². The maximum Gasteiger partial charge on any atom is 0.246 e. The van der Waals surface area contributed by atoms with Gasteiger partial charge in [0.15, 0.2) is 0 Å². The van der Waals surface area contributed by atoms with Gasteiger partial charge in [-0.1, -0.05) is 0 Å². The molecule has 0 aromatic carbocycles. The summed E-state index contributed by atoms with van der Waals surface area (Å²) in [4.78, 5) is 11.0. The Labute approximate surface area is 72.5 Å². The van der Waals surface area contributed by atoms with E-state index < -0.39 is 0 Å². The Morgan fingerprint density at radius 1 is 1.50 bits per heavy atom. The Morgan fingerprint density at radius 3 is 2.67 bits per heavy atom. The second-order valence-corrected chi connectivity index (χ2v) is 4.34. The van der Waals surface area contributed by atoms with Gasteiger partial charge >= 0.3 is 0 Å². The van der Waals surface area contributed by atoms with Gasteiger partial charge in [-0.05, 0) is 32.6 Å². The average molecular weight is 169 g/mol. The van der Waals surface area contributed by atoms with Crippen LogP contribution < -0.4 is 5.32 Å². The van der Waals surface area contributed by atoms with Crippen LogP contribution in [-0.4, -0.2) is 24.2 Å². The number of hydrogen-bond acceptors (Lipinski definition) is 2. The Kier molecular flexibility index (Phi) is 1.65. The minimum absolute atomic E-state index is 0.0110. The molecule has 1 saturated heterocycles. The smallest absolute Gasteiger partial charge is 0.246 e. The highest BCUT2D eigenvalue weighted by atomic mass is 16.5. The molecular formula is C9H15NO2. The zero-order chi connectivity index (χ0) is 8.77. The monoisotopic (exact) mass is 169 g/mol. The normalized spacial score (nSPS) is 34.5. The zero-order valence-corrected chi connectivity index (χ0v) is 7.59. The minimum atomic E-state index is -0.170. The van der Waals surface area contributed by atoms with Crippen molar-refractivity contribution in [2.24, 2.45) is 5.92 Å². The Morgan fingerprint density at radius 2 is 2.17 bits per heavy atom. The average Bonchev–Trinajstić information content (AvgIpc) is 2.67. The Hall–Kier alpha value is -0.570. The first-order valence-electron chi connectivity index (χ1n) is 4.52. The van der Waals surface area contributed by atoms with Crippen LogP contribution in [0.4, 0.5) is 0 Å². The lowest BCUT2D eigenvalue weighted by Crippen LogP contribution is -2.59. The van der Waals surface area contributed by atoms with Gasteiger partial charge < -0.3 is 10.1 Å². The molecule has 3 nitrogen and oxygen atoms in total. The van der Waals surface area contributed by atoms with E-state index in [2.05, 4.69) is 5.32 Å². The number of ether oxygens (including phenoxy) is 1. The molecule has 0 unspecified atom stereocenters. The fourth-order valence-corrected chi connectivity index (χ4v) is 1.96. The molecule has 0 aromatic rings. The van der Waals surface area contributed by atoms with Crippen molar-refractivity contribution in [3.8, 4) is 0 Å². The number of rotatable bonds is 1. The molecule has 1 heterocycles. The molecular weight excluding hydrogens is 154 g/mol. The molecule has 1 aliphatic carbocycles. The first-order chi connectivity index (χ1) is 5.59. The van der Waals surface area contributed by atoms with Gasteiger partial charge in [-0.15, -0.1) is 0 Å². The van der Waals surface area contributed by atoms with E-state index in [0.717, 1.165) is 0 Å². The van der Waals surface area contributed by atoms with Crippen LogP contribution in [0.5, 0.6) is 0 Å². The number of hydrogen-bond donors (Lipinski definition) is 1. The summed E-state index contributed by atoms with van der Waals surface area (Å²) in [6, 6.07) is 0. The number of carbonyl (C=O) groups is 1. The summed E-state index contributed by atoms with van der Waals surface area (Å²) >= 11 is 0. The van der Waals surface area contributed by atoms with Gasteiger partial charge in [0, 0.05) is 0 Å². The van der Waals surface area contributed by atoms with Crippen molar-refractivity contribution in [1.82, 2.24) is 5.32 Å². The molecule has 2 aliphatic rings.